The number of hydrogen-bond donors (Lipinski definition) is 0. The zero-order valence-electron chi connectivity index (χ0n) is 39.2. The van der Waals surface area contributed by atoms with Crippen LogP contribution in [0.4, 0.5) is 4.79 Å². The summed E-state index contributed by atoms with van der Waals surface area (Å²) in [6, 6.07) is 18.3. The lowest BCUT2D eigenvalue weighted by Gasteiger charge is -2.31. The average Bonchev–Trinajstić information content (AvgIpc) is 3.24. The summed E-state index contributed by atoms with van der Waals surface area (Å²) in [6.45, 7) is 12.7. The fraction of sp³-hybridized carbons (Fsp3) is 0.706. The molecule has 348 valence electrons. The largest absolute Gasteiger partial charge is 0.509 e. The highest BCUT2D eigenvalue weighted by Crippen LogP contribution is 2.26. The summed E-state index contributed by atoms with van der Waals surface area (Å²) in [6.07, 6.45) is 20.2. The lowest BCUT2D eigenvalue weighted by molar-refractivity contribution is -0.135. The maximum atomic E-state index is 12.7. The van der Waals surface area contributed by atoms with E-state index in [-0.39, 0.29) is 38.0 Å². The van der Waals surface area contributed by atoms with Gasteiger partial charge >= 0.3 is 6.16 Å². The topological polar surface area (TPSA) is 100 Å². The van der Waals surface area contributed by atoms with E-state index in [1.54, 1.807) is 27.4 Å². The predicted molar refractivity (Wildman–Crippen MR) is 245 cm³/mol. The van der Waals surface area contributed by atoms with Gasteiger partial charge in [0.2, 0.25) is 0 Å². The standard InChI is InChI=1S/C51H84O10/c1-9-11-12-13-14-15-16-17-18-19-20-21-25-29-45(56-38-42-27-23-22-24-28-42)34-47(57-39-43-30-32-44(55-8)33-31-43)36-49(59-41-54-7)37-48(58-40-53-6)35-46(26-10-2)60-50(52)61-51(3,4)5/h10,22-24,27-28,30-33,45-49H,2,9,11-21,25-26,29,34-41H2,1,3-8H3/t45-,46-,47+,48-,49+/m1/s1. The molecule has 2 aromatic carbocycles. The monoisotopic (exact) mass is 857 g/mol. The van der Waals surface area contributed by atoms with Gasteiger partial charge in [-0.2, -0.15) is 0 Å². The summed E-state index contributed by atoms with van der Waals surface area (Å²) >= 11 is 0. The van der Waals surface area contributed by atoms with Crippen LogP contribution in [-0.4, -0.2) is 77.2 Å². The van der Waals surface area contributed by atoms with E-state index in [9.17, 15) is 4.79 Å². The molecule has 0 unspecified atom stereocenters. The molecule has 0 saturated carbocycles. The summed E-state index contributed by atoms with van der Waals surface area (Å²) in [5.41, 5.74) is 1.51. The van der Waals surface area contributed by atoms with Crippen molar-refractivity contribution in [2.75, 3.05) is 34.9 Å². The molecule has 0 aliphatic heterocycles. The van der Waals surface area contributed by atoms with Crippen molar-refractivity contribution in [2.24, 2.45) is 0 Å². The van der Waals surface area contributed by atoms with Gasteiger partial charge in [0.15, 0.2) is 0 Å². The number of carbonyl (C=O) groups excluding carboxylic acids is 1. The molecule has 0 aromatic heterocycles. The minimum absolute atomic E-state index is 0.0170. The Kier molecular flexibility index (Phi) is 30.6. The van der Waals surface area contributed by atoms with Crippen molar-refractivity contribution >= 4 is 6.16 Å². The molecular weight excluding hydrogens is 773 g/mol. The summed E-state index contributed by atoms with van der Waals surface area (Å²) in [7, 11) is 4.87. The number of unbranched alkanes of at least 4 members (excludes halogenated alkanes) is 12. The molecule has 0 bridgehead atoms. The molecule has 0 amide bonds. The van der Waals surface area contributed by atoms with Crippen molar-refractivity contribution in [3.8, 4) is 5.75 Å². The average molecular weight is 857 g/mol. The van der Waals surface area contributed by atoms with Crippen LogP contribution in [0.15, 0.2) is 67.3 Å². The summed E-state index contributed by atoms with van der Waals surface area (Å²) in [5, 5.41) is 0. The van der Waals surface area contributed by atoms with Crippen LogP contribution in [0.3, 0.4) is 0 Å². The van der Waals surface area contributed by atoms with E-state index in [1.165, 1.54) is 77.0 Å². The highest BCUT2D eigenvalue weighted by molar-refractivity contribution is 5.60. The van der Waals surface area contributed by atoms with Gasteiger partial charge in [-0.05, 0) is 56.9 Å². The fourth-order valence-electron chi connectivity index (χ4n) is 7.37. The Labute approximate surface area is 370 Å². The number of benzene rings is 2. The lowest BCUT2D eigenvalue weighted by atomic mass is 9.96. The quantitative estimate of drug-likeness (QED) is 0.0281. The van der Waals surface area contributed by atoms with Crippen LogP contribution in [0.2, 0.25) is 0 Å². The first-order valence-electron chi connectivity index (χ1n) is 23.2. The molecule has 0 N–H and O–H groups in total. The van der Waals surface area contributed by atoms with Gasteiger partial charge in [-0.15, -0.1) is 6.58 Å². The number of carbonyl (C=O) groups is 1. The summed E-state index contributed by atoms with van der Waals surface area (Å²) < 4.78 is 53.5. The third-order valence-electron chi connectivity index (χ3n) is 10.6. The van der Waals surface area contributed by atoms with Gasteiger partial charge < -0.3 is 42.6 Å². The summed E-state index contributed by atoms with van der Waals surface area (Å²) in [5.74, 6) is 0.799. The van der Waals surface area contributed by atoms with Crippen LogP contribution in [0.25, 0.3) is 0 Å². The van der Waals surface area contributed by atoms with Crippen LogP contribution >= 0.6 is 0 Å². The molecule has 2 aromatic rings. The van der Waals surface area contributed by atoms with Crippen molar-refractivity contribution in [2.45, 2.75) is 199 Å². The van der Waals surface area contributed by atoms with Gasteiger partial charge in [-0.1, -0.05) is 139 Å². The lowest BCUT2D eigenvalue weighted by Crippen LogP contribution is -2.34. The zero-order valence-corrected chi connectivity index (χ0v) is 39.2. The molecule has 0 saturated heterocycles. The molecule has 0 heterocycles. The Morgan fingerprint density at radius 1 is 0.590 bits per heavy atom. The van der Waals surface area contributed by atoms with Gasteiger partial charge in [0.25, 0.3) is 0 Å². The highest BCUT2D eigenvalue weighted by Gasteiger charge is 2.29. The van der Waals surface area contributed by atoms with Gasteiger partial charge in [-0.25, -0.2) is 4.79 Å². The van der Waals surface area contributed by atoms with Crippen molar-refractivity contribution < 1.29 is 47.4 Å². The number of ether oxygens (including phenoxy) is 9. The molecule has 0 aliphatic carbocycles. The fourth-order valence-corrected chi connectivity index (χ4v) is 7.37. The van der Waals surface area contributed by atoms with E-state index in [2.05, 4.69) is 37.8 Å². The van der Waals surface area contributed by atoms with Crippen molar-refractivity contribution in [1.82, 2.24) is 0 Å². The zero-order chi connectivity index (χ0) is 44.4. The predicted octanol–water partition coefficient (Wildman–Crippen LogP) is 13.1. The second kappa shape index (κ2) is 34.5. The third kappa shape index (κ3) is 28.3. The van der Waals surface area contributed by atoms with Gasteiger partial charge in [0.05, 0.1) is 44.7 Å². The molecule has 0 fully saturated rings. The molecule has 10 heteroatoms. The van der Waals surface area contributed by atoms with E-state index in [1.807, 2.05) is 51.1 Å². The molecular formula is C51H84O10. The molecule has 0 aliphatic rings. The SMILES string of the molecule is C=CC[C@H](C[C@H](C[C@H](C[C@H](C[C@@H](CCCCCCCCCCCCCCC)OCc1ccccc1)OCc1ccc(OC)cc1)OCOC)OCOC)OC(=O)OC(C)(C)C. The number of hydrogen-bond acceptors (Lipinski definition) is 10. The van der Waals surface area contributed by atoms with Gasteiger partial charge in [0.1, 0.15) is 31.0 Å². The highest BCUT2D eigenvalue weighted by atomic mass is 16.7. The minimum atomic E-state index is -0.728. The summed E-state index contributed by atoms with van der Waals surface area (Å²) in [4.78, 5) is 12.7. The normalized spacial score (nSPS) is 14.2. The second-order valence-corrected chi connectivity index (χ2v) is 17.3. The first-order chi connectivity index (χ1) is 29.6. The maximum Gasteiger partial charge on any atom is 0.509 e. The van der Waals surface area contributed by atoms with Crippen molar-refractivity contribution in [3.05, 3.63) is 78.4 Å². The third-order valence-corrected chi connectivity index (χ3v) is 10.6. The molecule has 5 atom stereocenters. The Balaban J connectivity index is 2.22. The molecule has 2 rings (SSSR count). The van der Waals surface area contributed by atoms with E-state index in [0.717, 1.165) is 29.7 Å². The van der Waals surface area contributed by atoms with Crippen LogP contribution in [0, 0.1) is 0 Å². The maximum absolute atomic E-state index is 12.7. The Bertz CT molecular complexity index is 1330. The van der Waals surface area contributed by atoms with Crippen molar-refractivity contribution in [3.63, 3.8) is 0 Å². The molecule has 10 nitrogen and oxygen atoms in total. The number of methoxy groups -OCH3 is 3. The van der Waals surface area contributed by atoms with E-state index >= 15 is 0 Å². The first-order valence-corrected chi connectivity index (χ1v) is 23.2. The first kappa shape index (κ1) is 54.1. The molecule has 0 radical (unpaired) electrons. The van der Waals surface area contributed by atoms with Crippen LogP contribution in [0.1, 0.15) is 161 Å². The van der Waals surface area contributed by atoms with E-state index in [0.29, 0.717) is 45.3 Å². The van der Waals surface area contributed by atoms with E-state index < -0.39 is 17.9 Å². The van der Waals surface area contributed by atoms with Crippen LogP contribution < -0.4 is 4.74 Å². The minimum Gasteiger partial charge on any atom is -0.497 e. The van der Waals surface area contributed by atoms with Gasteiger partial charge in [0, 0.05) is 39.9 Å². The van der Waals surface area contributed by atoms with E-state index in [4.69, 9.17) is 42.6 Å². The van der Waals surface area contributed by atoms with Gasteiger partial charge in [-0.3, -0.25) is 0 Å². The molecule has 0 spiro atoms. The second-order valence-electron chi connectivity index (χ2n) is 17.3. The smallest absolute Gasteiger partial charge is 0.497 e. The number of rotatable bonds is 38. The molecule has 61 heavy (non-hydrogen) atoms. The Morgan fingerprint density at radius 3 is 1.54 bits per heavy atom. The van der Waals surface area contributed by atoms with Crippen LogP contribution in [0.5, 0.6) is 5.75 Å². The van der Waals surface area contributed by atoms with Crippen molar-refractivity contribution in [1.29, 1.82) is 0 Å². The Hall–Kier alpha value is -2.99. The van der Waals surface area contributed by atoms with Crippen LogP contribution in [-0.2, 0) is 51.1 Å². The Morgan fingerprint density at radius 2 is 1.05 bits per heavy atom.